The van der Waals surface area contributed by atoms with E-state index in [-0.39, 0.29) is 5.25 Å². The predicted octanol–water partition coefficient (Wildman–Crippen LogP) is 3.17. The quantitative estimate of drug-likeness (QED) is 0.645. The van der Waals surface area contributed by atoms with Crippen LogP contribution in [0.3, 0.4) is 0 Å². The van der Waals surface area contributed by atoms with Crippen LogP contribution in [0.25, 0.3) is 5.65 Å². The lowest BCUT2D eigenvalue weighted by Crippen LogP contribution is -2.00. The minimum atomic E-state index is 0.287. The molecule has 1 aromatic carbocycles. The molecule has 1 unspecified atom stereocenters. The molecule has 0 amide bonds. The Labute approximate surface area is 118 Å². The van der Waals surface area contributed by atoms with E-state index in [1.165, 1.54) is 10.5 Å². The molecule has 4 rings (SSSR count). The van der Waals surface area contributed by atoms with Crippen LogP contribution in [0.1, 0.15) is 16.6 Å². The lowest BCUT2D eigenvalue weighted by atomic mass is 10.1. The minimum Gasteiger partial charge on any atom is -0.268 e. The van der Waals surface area contributed by atoms with Gasteiger partial charge in [-0.1, -0.05) is 29.8 Å². The van der Waals surface area contributed by atoms with Gasteiger partial charge >= 0.3 is 0 Å². The van der Waals surface area contributed by atoms with E-state index in [0.29, 0.717) is 5.15 Å². The molecule has 0 bridgehead atoms. The first-order valence-electron chi connectivity index (χ1n) is 5.92. The molecule has 19 heavy (non-hydrogen) atoms. The van der Waals surface area contributed by atoms with Crippen LogP contribution in [-0.2, 0) is 6.42 Å². The Morgan fingerprint density at radius 1 is 1.26 bits per heavy atom. The summed E-state index contributed by atoms with van der Waals surface area (Å²) in [6.07, 6.45) is 2.67. The second-order valence-corrected chi connectivity index (χ2v) is 6.05. The van der Waals surface area contributed by atoms with Gasteiger partial charge in [0.05, 0.1) is 5.25 Å². The number of fused-ring (bicyclic) bond motifs is 2. The van der Waals surface area contributed by atoms with E-state index in [1.54, 1.807) is 12.4 Å². The Kier molecular flexibility index (Phi) is 2.50. The fourth-order valence-corrected chi connectivity index (χ4v) is 3.77. The van der Waals surface area contributed by atoms with Gasteiger partial charge in [-0.05, 0) is 18.1 Å². The van der Waals surface area contributed by atoms with Gasteiger partial charge in [0.15, 0.2) is 11.5 Å². The average Bonchev–Trinajstić information content (AvgIpc) is 3.00. The number of aromatic nitrogens is 4. The summed E-state index contributed by atoms with van der Waals surface area (Å²) >= 11 is 7.69. The molecule has 94 valence electrons. The summed E-state index contributed by atoms with van der Waals surface area (Å²) in [6.45, 7) is 0. The Morgan fingerprint density at radius 2 is 2.16 bits per heavy atom. The summed E-state index contributed by atoms with van der Waals surface area (Å²) in [5.41, 5.74) is 2.11. The maximum Gasteiger partial charge on any atom is 0.165 e. The molecule has 1 aliphatic rings. The van der Waals surface area contributed by atoms with E-state index in [9.17, 15) is 0 Å². The Balaban J connectivity index is 1.77. The molecular weight excluding hydrogens is 280 g/mol. The van der Waals surface area contributed by atoms with Crippen LogP contribution in [0.15, 0.2) is 41.6 Å². The third-order valence-electron chi connectivity index (χ3n) is 3.23. The summed E-state index contributed by atoms with van der Waals surface area (Å²) in [5, 5.41) is 9.18. The smallest absolute Gasteiger partial charge is 0.165 e. The van der Waals surface area contributed by atoms with Crippen molar-refractivity contribution in [2.75, 3.05) is 0 Å². The van der Waals surface area contributed by atoms with Crippen molar-refractivity contribution in [3.8, 4) is 0 Å². The van der Waals surface area contributed by atoms with Crippen molar-refractivity contribution >= 4 is 29.0 Å². The zero-order valence-electron chi connectivity index (χ0n) is 9.82. The van der Waals surface area contributed by atoms with E-state index in [4.69, 9.17) is 11.6 Å². The SMILES string of the molecule is Clc1cc2nnc(C3Cc4ccccc4S3)n2cn1. The van der Waals surface area contributed by atoms with Crippen molar-refractivity contribution in [1.29, 1.82) is 0 Å². The molecule has 4 nitrogen and oxygen atoms in total. The van der Waals surface area contributed by atoms with Gasteiger partial charge in [-0.25, -0.2) is 4.98 Å². The van der Waals surface area contributed by atoms with Crippen molar-refractivity contribution in [3.63, 3.8) is 0 Å². The molecule has 2 aromatic heterocycles. The summed E-state index contributed by atoms with van der Waals surface area (Å²) in [5.74, 6) is 0.931. The Morgan fingerprint density at radius 3 is 3.05 bits per heavy atom. The largest absolute Gasteiger partial charge is 0.268 e. The lowest BCUT2D eigenvalue weighted by Gasteiger charge is -2.05. The summed E-state index contributed by atoms with van der Waals surface area (Å²) < 4.78 is 1.91. The highest BCUT2D eigenvalue weighted by atomic mass is 35.5. The van der Waals surface area contributed by atoms with Gasteiger partial charge < -0.3 is 0 Å². The number of hydrogen-bond donors (Lipinski definition) is 0. The number of hydrogen-bond acceptors (Lipinski definition) is 4. The predicted molar refractivity (Wildman–Crippen MR) is 74.5 cm³/mol. The molecule has 0 aliphatic carbocycles. The van der Waals surface area contributed by atoms with Gasteiger partial charge in [-0.2, -0.15) is 0 Å². The maximum absolute atomic E-state index is 5.86. The number of benzene rings is 1. The normalized spacial score (nSPS) is 17.8. The average molecular weight is 289 g/mol. The van der Waals surface area contributed by atoms with E-state index < -0.39 is 0 Å². The highest BCUT2D eigenvalue weighted by molar-refractivity contribution is 7.99. The monoisotopic (exact) mass is 288 g/mol. The van der Waals surface area contributed by atoms with Crippen LogP contribution in [0.5, 0.6) is 0 Å². The molecule has 0 radical (unpaired) electrons. The van der Waals surface area contributed by atoms with Gasteiger partial charge in [-0.15, -0.1) is 22.0 Å². The minimum absolute atomic E-state index is 0.287. The number of halogens is 1. The molecule has 3 aromatic rings. The van der Waals surface area contributed by atoms with Crippen LogP contribution < -0.4 is 0 Å². The standard InChI is InChI=1S/C13H9ClN4S/c14-11-6-12-16-17-13(18(12)7-15-11)10-5-8-3-1-2-4-9(8)19-10/h1-4,6-7,10H,5H2. The van der Waals surface area contributed by atoms with Crippen molar-refractivity contribution in [1.82, 2.24) is 19.6 Å². The first kappa shape index (κ1) is 11.3. The topological polar surface area (TPSA) is 43.1 Å². The van der Waals surface area contributed by atoms with Crippen LogP contribution in [-0.4, -0.2) is 19.6 Å². The number of nitrogens with zero attached hydrogens (tertiary/aromatic N) is 4. The Hall–Kier alpha value is -1.59. The fourth-order valence-electron chi connectivity index (χ4n) is 2.34. The van der Waals surface area contributed by atoms with E-state index in [0.717, 1.165) is 17.9 Å². The number of rotatable bonds is 1. The molecule has 0 saturated carbocycles. The van der Waals surface area contributed by atoms with E-state index in [1.807, 2.05) is 16.2 Å². The van der Waals surface area contributed by atoms with E-state index in [2.05, 4.69) is 39.4 Å². The van der Waals surface area contributed by atoms with E-state index >= 15 is 0 Å². The molecule has 3 heterocycles. The van der Waals surface area contributed by atoms with Crippen LogP contribution in [0, 0.1) is 0 Å². The van der Waals surface area contributed by atoms with Crippen molar-refractivity contribution < 1.29 is 0 Å². The Bertz CT molecular complexity index is 745. The molecule has 0 N–H and O–H groups in total. The van der Waals surface area contributed by atoms with Gasteiger partial charge in [0.1, 0.15) is 11.5 Å². The highest BCUT2D eigenvalue weighted by Crippen LogP contribution is 2.45. The summed E-state index contributed by atoms with van der Waals surface area (Å²) in [6, 6.07) is 10.2. The first-order valence-corrected chi connectivity index (χ1v) is 7.18. The summed E-state index contributed by atoms with van der Waals surface area (Å²) in [7, 11) is 0. The van der Waals surface area contributed by atoms with Crippen LogP contribution in [0.2, 0.25) is 5.15 Å². The molecule has 6 heteroatoms. The molecular formula is C13H9ClN4S. The van der Waals surface area contributed by atoms with Crippen molar-refractivity contribution in [2.24, 2.45) is 0 Å². The third kappa shape index (κ3) is 1.81. The van der Waals surface area contributed by atoms with Gasteiger partial charge in [-0.3, -0.25) is 4.40 Å². The third-order valence-corrected chi connectivity index (χ3v) is 4.75. The zero-order valence-corrected chi connectivity index (χ0v) is 11.4. The second kappa shape index (κ2) is 4.21. The fraction of sp³-hybridized carbons (Fsp3) is 0.154. The zero-order chi connectivity index (χ0) is 12.8. The molecule has 0 spiro atoms. The first-order chi connectivity index (χ1) is 9.31. The summed E-state index contributed by atoms with van der Waals surface area (Å²) in [4.78, 5) is 5.43. The molecule has 1 aliphatic heterocycles. The highest BCUT2D eigenvalue weighted by Gasteiger charge is 2.27. The van der Waals surface area contributed by atoms with Crippen LogP contribution in [0.4, 0.5) is 0 Å². The van der Waals surface area contributed by atoms with Gasteiger partial charge in [0.25, 0.3) is 0 Å². The second-order valence-electron chi connectivity index (χ2n) is 4.42. The molecule has 1 atom stereocenters. The molecule has 0 saturated heterocycles. The van der Waals surface area contributed by atoms with Crippen molar-refractivity contribution in [2.45, 2.75) is 16.6 Å². The molecule has 0 fully saturated rings. The maximum atomic E-state index is 5.86. The lowest BCUT2D eigenvalue weighted by molar-refractivity contribution is 0.824. The van der Waals surface area contributed by atoms with Crippen molar-refractivity contribution in [3.05, 3.63) is 53.2 Å². The van der Waals surface area contributed by atoms with Gasteiger partial charge in [0, 0.05) is 11.0 Å². The van der Waals surface area contributed by atoms with Crippen LogP contribution >= 0.6 is 23.4 Å². The number of thioether (sulfide) groups is 1. The van der Waals surface area contributed by atoms with Gasteiger partial charge in [0.2, 0.25) is 0 Å².